The lowest BCUT2D eigenvalue weighted by atomic mass is 10.1. The molecule has 0 aliphatic rings. The van der Waals surface area contributed by atoms with Crippen molar-refractivity contribution in [3.05, 3.63) is 59.4 Å². The largest absolute Gasteiger partial charge is 0.365 e. The monoisotopic (exact) mass is 462 g/mol. The van der Waals surface area contributed by atoms with Crippen LogP contribution in [0.25, 0.3) is 21.5 Å². The average Bonchev–Trinajstić information content (AvgIpc) is 3.43. The number of rotatable bonds is 6. The molecule has 4 aromatic rings. The number of hydrogen-bond acceptors (Lipinski definition) is 6. The number of carbonyl (C=O) groups excluding carboxylic acids is 3. The van der Waals surface area contributed by atoms with Crippen LogP contribution in [0.2, 0.25) is 0 Å². The van der Waals surface area contributed by atoms with Gasteiger partial charge in [0.1, 0.15) is 16.5 Å². The number of nitrogens with zero attached hydrogens (tertiary/aromatic N) is 3. The van der Waals surface area contributed by atoms with Gasteiger partial charge in [0.2, 0.25) is 5.91 Å². The van der Waals surface area contributed by atoms with Crippen molar-refractivity contribution in [1.82, 2.24) is 15.0 Å². The Kier molecular flexibility index (Phi) is 5.93. The third-order valence-corrected chi connectivity index (χ3v) is 6.03. The van der Waals surface area contributed by atoms with Crippen molar-refractivity contribution in [3.8, 4) is 10.6 Å². The highest BCUT2D eigenvalue weighted by atomic mass is 32.1. The van der Waals surface area contributed by atoms with Gasteiger partial charge < -0.3 is 20.9 Å². The molecule has 9 nitrogen and oxygen atoms in total. The first-order chi connectivity index (χ1) is 15.8. The quantitative estimate of drug-likeness (QED) is 0.402. The van der Waals surface area contributed by atoms with Gasteiger partial charge in [-0.25, -0.2) is 4.98 Å². The Hall–Kier alpha value is -4.05. The third-order valence-electron chi connectivity index (χ3n) is 5.14. The topological polar surface area (TPSA) is 134 Å². The molecule has 3 amide bonds. The van der Waals surface area contributed by atoms with Crippen molar-refractivity contribution < 1.29 is 14.4 Å². The van der Waals surface area contributed by atoms with Crippen LogP contribution in [-0.4, -0.2) is 39.7 Å². The normalized spacial score (nSPS) is 11.0. The zero-order chi connectivity index (χ0) is 23.7. The van der Waals surface area contributed by atoms with Gasteiger partial charge in [-0.15, -0.1) is 11.3 Å². The number of pyridine rings is 1. The summed E-state index contributed by atoms with van der Waals surface area (Å²) in [5.74, 6) is -1.20. The van der Waals surface area contributed by atoms with Crippen molar-refractivity contribution in [3.63, 3.8) is 0 Å². The molecule has 0 unspecified atom stereocenters. The molecule has 0 spiro atoms. The molecule has 3 heterocycles. The maximum Gasteiger partial charge on any atom is 0.276 e. The number of anilines is 2. The highest BCUT2D eigenvalue weighted by molar-refractivity contribution is 7.13. The van der Waals surface area contributed by atoms with Gasteiger partial charge in [0.15, 0.2) is 0 Å². The van der Waals surface area contributed by atoms with Crippen LogP contribution in [0.5, 0.6) is 0 Å². The second-order valence-corrected chi connectivity index (χ2v) is 8.61. The molecule has 0 aliphatic heterocycles. The van der Waals surface area contributed by atoms with Gasteiger partial charge in [0, 0.05) is 52.9 Å². The minimum atomic E-state index is -0.688. The molecule has 1 aromatic carbocycles. The maximum atomic E-state index is 12.8. The highest BCUT2D eigenvalue weighted by Crippen LogP contribution is 2.30. The molecule has 0 aliphatic carbocycles. The zero-order valence-electron chi connectivity index (χ0n) is 18.2. The van der Waals surface area contributed by atoms with Crippen molar-refractivity contribution in [1.29, 1.82) is 0 Å². The molecule has 3 aromatic heterocycles. The molecule has 0 saturated heterocycles. The Bertz CT molecular complexity index is 1360. The van der Waals surface area contributed by atoms with E-state index in [4.69, 9.17) is 5.73 Å². The molecule has 168 valence electrons. The molecule has 0 saturated carbocycles. The lowest BCUT2D eigenvalue weighted by molar-refractivity contribution is -0.121. The van der Waals surface area contributed by atoms with Crippen molar-refractivity contribution in [2.24, 2.45) is 11.7 Å². The first-order valence-electron chi connectivity index (χ1n) is 10.2. The van der Waals surface area contributed by atoms with Gasteiger partial charge in [-0.3, -0.25) is 19.4 Å². The Balaban J connectivity index is 1.65. The number of thiazole rings is 1. The van der Waals surface area contributed by atoms with Gasteiger partial charge >= 0.3 is 0 Å². The summed E-state index contributed by atoms with van der Waals surface area (Å²) in [6.45, 7) is 3.65. The summed E-state index contributed by atoms with van der Waals surface area (Å²) in [6.07, 6.45) is 3.31. The van der Waals surface area contributed by atoms with Crippen LogP contribution in [0.4, 0.5) is 11.5 Å². The highest BCUT2D eigenvalue weighted by Gasteiger charge is 2.22. The van der Waals surface area contributed by atoms with E-state index in [0.717, 1.165) is 5.56 Å². The number of carbonyl (C=O) groups is 3. The van der Waals surface area contributed by atoms with Gasteiger partial charge in [-0.2, -0.15) is 0 Å². The van der Waals surface area contributed by atoms with Gasteiger partial charge in [-0.1, -0.05) is 13.8 Å². The van der Waals surface area contributed by atoms with Crippen LogP contribution in [0.15, 0.2) is 48.1 Å². The Morgan fingerprint density at radius 2 is 1.88 bits per heavy atom. The predicted molar refractivity (Wildman–Crippen MR) is 128 cm³/mol. The molecule has 0 radical (unpaired) electrons. The van der Waals surface area contributed by atoms with E-state index in [1.165, 1.54) is 11.3 Å². The maximum absolute atomic E-state index is 12.8. The average molecular weight is 463 g/mol. The third kappa shape index (κ3) is 4.33. The van der Waals surface area contributed by atoms with E-state index in [-0.39, 0.29) is 28.9 Å². The summed E-state index contributed by atoms with van der Waals surface area (Å²) in [5.41, 5.74) is 8.05. The fourth-order valence-corrected chi connectivity index (χ4v) is 4.25. The van der Waals surface area contributed by atoms with Crippen molar-refractivity contribution in [2.45, 2.75) is 13.8 Å². The van der Waals surface area contributed by atoms with Crippen LogP contribution in [0.1, 0.15) is 34.7 Å². The number of H-pyrrole nitrogens is 1. The number of fused-ring (bicyclic) bond motifs is 1. The number of aromatic amines is 1. The van der Waals surface area contributed by atoms with Gasteiger partial charge in [0.05, 0.1) is 5.56 Å². The van der Waals surface area contributed by atoms with Crippen LogP contribution in [-0.2, 0) is 4.79 Å². The zero-order valence-corrected chi connectivity index (χ0v) is 19.1. The first-order valence-corrected chi connectivity index (χ1v) is 11.0. The molecule has 0 atom stereocenters. The fourth-order valence-electron chi connectivity index (χ4n) is 3.44. The summed E-state index contributed by atoms with van der Waals surface area (Å²) in [6, 6.07) is 8.79. The number of hydrogen-bond donors (Lipinski definition) is 3. The summed E-state index contributed by atoms with van der Waals surface area (Å²) in [5, 5.41) is 5.57. The smallest absolute Gasteiger partial charge is 0.276 e. The minimum absolute atomic E-state index is 0.0434. The van der Waals surface area contributed by atoms with E-state index in [0.29, 0.717) is 21.6 Å². The molecule has 0 bridgehead atoms. The lowest BCUT2D eigenvalue weighted by Crippen LogP contribution is -2.30. The van der Waals surface area contributed by atoms with E-state index in [9.17, 15) is 14.4 Å². The second kappa shape index (κ2) is 8.83. The van der Waals surface area contributed by atoms with Gasteiger partial charge in [-0.05, 0) is 30.3 Å². The van der Waals surface area contributed by atoms with Crippen LogP contribution >= 0.6 is 11.3 Å². The van der Waals surface area contributed by atoms with E-state index >= 15 is 0 Å². The Labute approximate surface area is 193 Å². The van der Waals surface area contributed by atoms with Gasteiger partial charge in [0.25, 0.3) is 11.8 Å². The second-order valence-electron chi connectivity index (χ2n) is 7.75. The molecule has 10 heteroatoms. The standard InChI is InChI=1S/C23H22N6O3S/c1-12(2)23(32)29(3)14-4-5-15-16(10-14)26-20(18(15)19(24)30)28-21(31)17-11-33-22(27-17)13-6-8-25-9-7-13/h4-12,26H,1-3H3,(H2,24,30)(H,28,31). The van der Waals surface area contributed by atoms with E-state index < -0.39 is 11.8 Å². The summed E-state index contributed by atoms with van der Waals surface area (Å²) >= 11 is 1.33. The molecule has 0 fully saturated rings. The molecular weight excluding hydrogens is 440 g/mol. The van der Waals surface area contributed by atoms with Crippen molar-refractivity contribution >= 4 is 51.5 Å². The summed E-state index contributed by atoms with van der Waals surface area (Å²) in [7, 11) is 1.69. The number of benzene rings is 1. The summed E-state index contributed by atoms with van der Waals surface area (Å²) in [4.78, 5) is 50.3. The number of amides is 3. The van der Waals surface area contributed by atoms with Crippen molar-refractivity contribution in [2.75, 3.05) is 17.3 Å². The Morgan fingerprint density at radius 1 is 1.15 bits per heavy atom. The minimum Gasteiger partial charge on any atom is -0.365 e. The number of nitrogens with two attached hydrogens (primary N) is 1. The fraction of sp³-hybridized carbons (Fsp3) is 0.174. The molecule has 33 heavy (non-hydrogen) atoms. The number of aromatic nitrogens is 3. The van der Waals surface area contributed by atoms with E-state index in [1.54, 1.807) is 47.9 Å². The molecule has 4 N–H and O–H groups in total. The number of nitrogens with one attached hydrogen (secondary N) is 2. The predicted octanol–water partition coefficient (Wildman–Crippen LogP) is 3.66. The van der Waals surface area contributed by atoms with E-state index in [1.807, 2.05) is 26.0 Å². The van der Waals surface area contributed by atoms with Crippen LogP contribution in [0, 0.1) is 5.92 Å². The lowest BCUT2D eigenvalue weighted by Gasteiger charge is -2.19. The first kappa shape index (κ1) is 22.2. The Morgan fingerprint density at radius 3 is 2.55 bits per heavy atom. The summed E-state index contributed by atoms with van der Waals surface area (Å²) < 4.78 is 0. The SMILES string of the molecule is CC(C)C(=O)N(C)c1ccc2c(C(N)=O)c(NC(=O)c3csc(-c4ccncc4)n3)[nH]c2c1. The molecule has 4 rings (SSSR count). The van der Waals surface area contributed by atoms with Crippen LogP contribution in [0.3, 0.4) is 0 Å². The number of primary amides is 1. The molecular formula is C23H22N6O3S. The van der Waals surface area contributed by atoms with Crippen LogP contribution < -0.4 is 16.0 Å². The van der Waals surface area contributed by atoms with E-state index in [2.05, 4.69) is 20.3 Å².